The Morgan fingerprint density at radius 2 is 2.00 bits per heavy atom. The third-order valence-corrected chi connectivity index (χ3v) is 5.55. The molecule has 7 nitrogen and oxygen atoms in total. The topological polar surface area (TPSA) is 93.3 Å². The molecule has 1 aromatic heterocycles. The van der Waals surface area contributed by atoms with Crippen LogP contribution in [0.15, 0.2) is 36.7 Å². The number of rotatable bonds is 6. The molecular weight excluding hydrogens is 342 g/mol. The van der Waals surface area contributed by atoms with Crippen LogP contribution in [0, 0.1) is 5.92 Å². The van der Waals surface area contributed by atoms with Gasteiger partial charge in [-0.1, -0.05) is 12.1 Å². The largest absolute Gasteiger partial charge is 0.366 e. The van der Waals surface area contributed by atoms with E-state index in [2.05, 4.69) is 10.4 Å². The zero-order valence-electron chi connectivity index (χ0n) is 15.5. The summed E-state index contributed by atoms with van der Waals surface area (Å²) in [5, 5.41) is 7.64. The summed E-state index contributed by atoms with van der Waals surface area (Å²) in [4.78, 5) is 26.6. The van der Waals surface area contributed by atoms with Crippen LogP contribution in [0.2, 0.25) is 0 Å². The average molecular weight is 367 g/mol. The highest BCUT2D eigenvalue weighted by Crippen LogP contribution is 2.35. The van der Waals surface area contributed by atoms with Crippen molar-refractivity contribution >= 4 is 11.8 Å². The molecule has 1 saturated heterocycles. The Morgan fingerprint density at radius 3 is 2.59 bits per heavy atom. The zero-order valence-corrected chi connectivity index (χ0v) is 15.5. The molecule has 0 unspecified atom stereocenters. The second-order valence-electron chi connectivity index (χ2n) is 7.58. The predicted octanol–water partition coefficient (Wildman–Crippen LogP) is 1.01. The molecule has 27 heavy (non-hydrogen) atoms. The summed E-state index contributed by atoms with van der Waals surface area (Å²) >= 11 is 0. The van der Waals surface area contributed by atoms with Crippen molar-refractivity contribution < 1.29 is 9.59 Å². The minimum absolute atomic E-state index is 0.0697. The maximum atomic E-state index is 13.4. The third-order valence-electron chi connectivity index (χ3n) is 5.55. The van der Waals surface area contributed by atoms with Crippen molar-refractivity contribution in [2.75, 3.05) is 13.1 Å². The van der Waals surface area contributed by atoms with E-state index < -0.39 is 5.91 Å². The van der Waals surface area contributed by atoms with Gasteiger partial charge in [0.1, 0.15) is 0 Å². The first-order valence-corrected chi connectivity index (χ1v) is 9.41. The number of aryl methyl sites for hydroxylation is 1. The first-order chi connectivity index (χ1) is 13.0. The van der Waals surface area contributed by atoms with E-state index in [1.54, 1.807) is 16.8 Å². The normalized spacial score (nSPS) is 22.0. The molecule has 2 heterocycles. The van der Waals surface area contributed by atoms with Crippen LogP contribution in [-0.2, 0) is 18.4 Å². The van der Waals surface area contributed by atoms with Crippen LogP contribution in [0.3, 0.4) is 0 Å². The van der Waals surface area contributed by atoms with Crippen LogP contribution in [-0.4, -0.2) is 45.6 Å². The van der Waals surface area contributed by atoms with Gasteiger partial charge in [0, 0.05) is 50.4 Å². The number of nitrogens with one attached hydrogen (secondary N) is 1. The maximum absolute atomic E-state index is 13.4. The molecule has 0 radical (unpaired) electrons. The molecule has 2 atom stereocenters. The van der Waals surface area contributed by atoms with Crippen molar-refractivity contribution in [1.82, 2.24) is 20.0 Å². The number of benzene rings is 1. The highest BCUT2D eigenvalue weighted by Gasteiger charge is 2.41. The van der Waals surface area contributed by atoms with Gasteiger partial charge in [-0.05, 0) is 36.1 Å². The van der Waals surface area contributed by atoms with Crippen molar-refractivity contribution in [3.8, 4) is 0 Å². The van der Waals surface area contributed by atoms with Crippen LogP contribution in [0.5, 0.6) is 0 Å². The summed E-state index contributed by atoms with van der Waals surface area (Å²) in [7, 11) is 1.90. The Kier molecular flexibility index (Phi) is 4.70. The molecule has 142 valence electrons. The van der Waals surface area contributed by atoms with Gasteiger partial charge in [0.15, 0.2) is 0 Å². The number of primary amides is 1. The lowest BCUT2D eigenvalue weighted by molar-refractivity contribution is -0.136. The van der Waals surface area contributed by atoms with Crippen LogP contribution >= 0.6 is 0 Å². The van der Waals surface area contributed by atoms with Crippen molar-refractivity contribution in [2.45, 2.75) is 31.3 Å². The molecule has 1 aliphatic heterocycles. The fourth-order valence-corrected chi connectivity index (χ4v) is 3.88. The smallest absolute Gasteiger partial charge is 0.248 e. The Morgan fingerprint density at radius 1 is 1.26 bits per heavy atom. The van der Waals surface area contributed by atoms with E-state index in [1.165, 1.54) is 0 Å². The molecule has 3 N–H and O–H groups in total. The van der Waals surface area contributed by atoms with Gasteiger partial charge in [-0.2, -0.15) is 5.10 Å². The van der Waals surface area contributed by atoms with Crippen molar-refractivity contribution in [1.29, 1.82) is 0 Å². The average Bonchev–Trinajstić information content (AvgIpc) is 3.21. The van der Waals surface area contributed by atoms with Crippen LogP contribution in [0.1, 0.15) is 40.2 Å². The van der Waals surface area contributed by atoms with Gasteiger partial charge in [0.05, 0.1) is 12.1 Å². The lowest BCUT2D eigenvalue weighted by Gasteiger charge is -2.28. The molecule has 4 rings (SSSR count). The number of nitrogens with zero attached hydrogens (tertiary/aromatic N) is 3. The van der Waals surface area contributed by atoms with E-state index in [1.807, 2.05) is 36.5 Å². The van der Waals surface area contributed by atoms with E-state index in [0.717, 1.165) is 30.5 Å². The number of nitrogens with two attached hydrogens (primary N) is 1. The van der Waals surface area contributed by atoms with Gasteiger partial charge >= 0.3 is 0 Å². The molecule has 1 saturated carbocycles. The van der Waals surface area contributed by atoms with Gasteiger partial charge in [0.2, 0.25) is 11.8 Å². The van der Waals surface area contributed by atoms with Gasteiger partial charge < -0.3 is 16.0 Å². The second-order valence-corrected chi connectivity index (χ2v) is 7.58. The van der Waals surface area contributed by atoms with Crippen LogP contribution in [0.25, 0.3) is 0 Å². The Bertz CT molecular complexity index is 840. The molecule has 0 bridgehead atoms. The van der Waals surface area contributed by atoms with E-state index in [0.29, 0.717) is 24.7 Å². The highest BCUT2D eigenvalue weighted by atomic mass is 16.2. The SMILES string of the molecule is Cn1cc([C@H]2CNC[C@@H]2C(=O)N(Cc2ccc(C(N)=O)cc2)C2CC2)cn1. The van der Waals surface area contributed by atoms with Crippen molar-refractivity contribution in [2.24, 2.45) is 18.7 Å². The Balaban J connectivity index is 1.51. The number of hydrogen-bond acceptors (Lipinski definition) is 4. The minimum atomic E-state index is -0.437. The molecule has 7 heteroatoms. The van der Waals surface area contributed by atoms with E-state index in [-0.39, 0.29) is 17.7 Å². The van der Waals surface area contributed by atoms with Gasteiger partial charge in [-0.3, -0.25) is 14.3 Å². The third kappa shape index (κ3) is 3.73. The summed E-state index contributed by atoms with van der Waals surface area (Å²) in [6, 6.07) is 7.54. The first kappa shape index (κ1) is 17.7. The molecule has 2 amide bonds. The lowest BCUT2D eigenvalue weighted by atomic mass is 9.89. The summed E-state index contributed by atoms with van der Waals surface area (Å²) < 4.78 is 1.79. The summed E-state index contributed by atoms with van der Waals surface area (Å²) in [5.74, 6) is -0.146. The fourth-order valence-electron chi connectivity index (χ4n) is 3.88. The van der Waals surface area contributed by atoms with Gasteiger partial charge in [-0.15, -0.1) is 0 Å². The highest BCUT2D eigenvalue weighted by molar-refractivity contribution is 5.92. The number of carbonyl (C=O) groups excluding carboxylic acids is 2. The molecule has 1 aliphatic carbocycles. The zero-order chi connectivity index (χ0) is 19.0. The summed E-state index contributed by atoms with van der Waals surface area (Å²) in [6.45, 7) is 2.06. The Labute approximate surface area is 158 Å². The van der Waals surface area contributed by atoms with E-state index in [4.69, 9.17) is 5.73 Å². The molecule has 2 fully saturated rings. The van der Waals surface area contributed by atoms with Gasteiger partial charge in [-0.25, -0.2) is 0 Å². The van der Waals surface area contributed by atoms with Crippen LogP contribution < -0.4 is 11.1 Å². The lowest BCUT2D eigenvalue weighted by Crippen LogP contribution is -2.39. The van der Waals surface area contributed by atoms with Gasteiger partial charge in [0.25, 0.3) is 0 Å². The van der Waals surface area contributed by atoms with Crippen LogP contribution in [0.4, 0.5) is 0 Å². The quantitative estimate of drug-likeness (QED) is 0.797. The number of carbonyl (C=O) groups is 2. The van der Waals surface area contributed by atoms with E-state index in [9.17, 15) is 9.59 Å². The maximum Gasteiger partial charge on any atom is 0.248 e. The number of amides is 2. The predicted molar refractivity (Wildman–Crippen MR) is 101 cm³/mol. The second kappa shape index (κ2) is 7.15. The number of aromatic nitrogens is 2. The van der Waals surface area contributed by atoms with Crippen molar-refractivity contribution in [3.05, 3.63) is 53.3 Å². The fraction of sp³-hybridized carbons (Fsp3) is 0.450. The standard InChI is InChI=1S/C20H25N5O2/c1-24-12-15(8-23-24)17-9-22-10-18(17)20(27)25(16-6-7-16)11-13-2-4-14(5-3-13)19(21)26/h2-5,8,12,16-18,22H,6-7,9-11H2,1H3,(H2,21,26)/t17-,18+/m1/s1. The molecule has 0 spiro atoms. The summed E-state index contributed by atoms with van der Waals surface area (Å²) in [5.41, 5.74) is 7.93. The molecular formula is C20H25N5O2. The van der Waals surface area contributed by atoms with Crippen molar-refractivity contribution in [3.63, 3.8) is 0 Å². The number of hydrogen-bond donors (Lipinski definition) is 2. The molecule has 2 aromatic rings. The molecule has 2 aliphatic rings. The monoisotopic (exact) mass is 367 g/mol. The minimum Gasteiger partial charge on any atom is -0.366 e. The summed E-state index contributed by atoms with van der Waals surface area (Å²) in [6.07, 6.45) is 5.98. The Hall–Kier alpha value is -2.67. The molecule has 1 aromatic carbocycles. The first-order valence-electron chi connectivity index (χ1n) is 9.41. The van der Waals surface area contributed by atoms with E-state index >= 15 is 0 Å².